The Morgan fingerprint density at radius 2 is 1.58 bits per heavy atom. The standard InChI is InChI=1S/C23H22NOS/c1-25-20-12-10-18(11-13-20)17-26-15-14-24-16-19-6-2-3-7-21(19)22-8-4-5-9-23(22)24/h2-13,16H,14-15,17H2,1H3/q+1. The van der Waals surface area contributed by atoms with Gasteiger partial charge in [0.2, 0.25) is 5.52 Å². The van der Waals surface area contributed by atoms with E-state index in [4.69, 9.17) is 4.74 Å². The number of aromatic nitrogens is 1. The second-order valence-corrected chi connectivity index (χ2v) is 7.43. The van der Waals surface area contributed by atoms with Crippen molar-refractivity contribution in [2.24, 2.45) is 0 Å². The summed E-state index contributed by atoms with van der Waals surface area (Å²) in [6, 6.07) is 25.7. The lowest BCUT2D eigenvalue weighted by atomic mass is 10.1. The van der Waals surface area contributed by atoms with Gasteiger partial charge in [-0.2, -0.15) is 16.3 Å². The quantitative estimate of drug-likeness (QED) is 0.266. The SMILES string of the molecule is COc1ccc(CSCC[n+]2cc3ccccc3c3ccccc32)cc1. The molecular weight excluding hydrogens is 338 g/mol. The summed E-state index contributed by atoms with van der Waals surface area (Å²) in [6.07, 6.45) is 2.28. The Hall–Kier alpha value is -2.52. The van der Waals surface area contributed by atoms with Gasteiger partial charge in [0.05, 0.1) is 18.2 Å². The number of benzene rings is 3. The normalized spacial score (nSPS) is 11.1. The number of rotatable bonds is 6. The molecule has 0 atom stereocenters. The van der Waals surface area contributed by atoms with E-state index in [9.17, 15) is 0 Å². The molecule has 4 aromatic rings. The zero-order valence-corrected chi connectivity index (χ0v) is 15.7. The van der Waals surface area contributed by atoms with Crippen LogP contribution in [-0.2, 0) is 12.3 Å². The van der Waals surface area contributed by atoms with Gasteiger partial charge >= 0.3 is 0 Å². The largest absolute Gasteiger partial charge is 0.497 e. The first-order chi connectivity index (χ1) is 12.8. The molecule has 0 radical (unpaired) electrons. The highest BCUT2D eigenvalue weighted by molar-refractivity contribution is 7.98. The third-order valence-corrected chi connectivity index (χ3v) is 5.67. The van der Waals surface area contributed by atoms with Crippen LogP contribution in [-0.4, -0.2) is 12.9 Å². The maximum absolute atomic E-state index is 5.22. The van der Waals surface area contributed by atoms with Gasteiger partial charge in [-0.25, -0.2) is 0 Å². The summed E-state index contributed by atoms with van der Waals surface area (Å²) in [7, 11) is 1.70. The molecule has 3 aromatic carbocycles. The summed E-state index contributed by atoms with van der Waals surface area (Å²) in [6.45, 7) is 1.01. The van der Waals surface area contributed by atoms with E-state index in [-0.39, 0.29) is 0 Å². The predicted octanol–water partition coefficient (Wildman–Crippen LogP) is 5.22. The van der Waals surface area contributed by atoms with Crippen molar-refractivity contribution in [1.82, 2.24) is 0 Å². The molecule has 0 aliphatic carbocycles. The summed E-state index contributed by atoms with van der Waals surface area (Å²) in [4.78, 5) is 0. The summed E-state index contributed by atoms with van der Waals surface area (Å²) in [5, 5.41) is 3.95. The zero-order valence-electron chi connectivity index (χ0n) is 14.9. The molecule has 0 fully saturated rings. The number of pyridine rings is 1. The fraction of sp³-hybridized carbons (Fsp3) is 0.174. The Kier molecular flexibility index (Phi) is 5.07. The lowest BCUT2D eigenvalue weighted by Gasteiger charge is -2.06. The molecule has 0 saturated carbocycles. The van der Waals surface area contributed by atoms with Crippen molar-refractivity contribution < 1.29 is 9.30 Å². The van der Waals surface area contributed by atoms with Crippen molar-refractivity contribution in [3.05, 3.63) is 84.6 Å². The fourth-order valence-electron chi connectivity index (χ4n) is 3.30. The first-order valence-corrected chi connectivity index (χ1v) is 10.0. The van der Waals surface area contributed by atoms with E-state index in [1.807, 2.05) is 23.9 Å². The minimum absolute atomic E-state index is 0.914. The molecule has 0 N–H and O–H groups in total. The molecule has 26 heavy (non-hydrogen) atoms. The van der Waals surface area contributed by atoms with Crippen LogP contribution in [0.15, 0.2) is 79.0 Å². The molecule has 130 valence electrons. The van der Waals surface area contributed by atoms with E-state index in [2.05, 4.69) is 71.4 Å². The molecule has 0 saturated heterocycles. The minimum Gasteiger partial charge on any atom is -0.497 e. The molecule has 0 unspecified atom stereocenters. The zero-order chi connectivity index (χ0) is 17.8. The molecule has 3 heteroatoms. The highest BCUT2D eigenvalue weighted by Gasteiger charge is 2.12. The highest BCUT2D eigenvalue weighted by Crippen LogP contribution is 2.22. The monoisotopic (exact) mass is 360 g/mol. The second-order valence-electron chi connectivity index (χ2n) is 6.33. The van der Waals surface area contributed by atoms with Gasteiger partial charge in [0.25, 0.3) is 0 Å². The molecular formula is C23H22NOS+. The van der Waals surface area contributed by atoms with Crippen LogP contribution in [0.4, 0.5) is 0 Å². The van der Waals surface area contributed by atoms with Crippen LogP contribution in [0.1, 0.15) is 5.56 Å². The molecule has 1 aromatic heterocycles. The maximum Gasteiger partial charge on any atom is 0.213 e. The molecule has 4 rings (SSSR count). The van der Waals surface area contributed by atoms with Crippen LogP contribution < -0.4 is 9.30 Å². The molecule has 0 spiro atoms. The van der Waals surface area contributed by atoms with Gasteiger partial charge < -0.3 is 4.74 Å². The van der Waals surface area contributed by atoms with E-state index in [1.165, 1.54) is 27.2 Å². The van der Waals surface area contributed by atoms with E-state index < -0.39 is 0 Å². The predicted molar refractivity (Wildman–Crippen MR) is 111 cm³/mol. The lowest BCUT2D eigenvalue weighted by molar-refractivity contribution is -0.665. The van der Waals surface area contributed by atoms with Crippen molar-refractivity contribution >= 4 is 33.4 Å². The Bertz CT molecular complexity index is 1030. The Morgan fingerprint density at radius 3 is 2.38 bits per heavy atom. The molecule has 0 amide bonds. The second kappa shape index (κ2) is 7.79. The first-order valence-electron chi connectivity index (χ1n) is 8.86. The van der Waals surface area contributed by atoms with E-state index >= 15 is 0 Å². The number of para-hydroxylation sites is 1. The number of hydrogen-bond donors (Lipinski definition) is 0. The highest BCUT2D eigenvalue weighted by atomic mass is 32.2. The topological polar surface area (TPSA) is 13.1 Å². The van der Waals surface area contributed by atoms with Crippen LogP contribution in [0, 0.1) is 0 Å². The number of nitrogens with zero attached hydrogens (tertiary/aromatic N) is 1. The number of ether oxygens (including phenoxy) is 1. The number of hydrogen-bond acceptors (Lipinski definition) is 2. The molecule has 0 aliphatic heterocycles. The summed E-state index contributed by atoms with van der Waals surface area (Å²) in [5.41, 5.74) is 2.64. The average Bonchev–Trinajstić information content (AvgIpc) is 2.71. The summed E-state index contributed by atoms with van der Waals surface area (Å²) >= 11 is 1.97. The Labute approximate surface area is 158 Å². The van der Waals surface area contributed by atoms with Gasteiger partial charge in [0.1, 0.15) is 5.75 Å². The van der Waals surface area contributed by atoms with Gasteiger partial charge in [-0.1, -0.05) is 42.5 Å². The average molecular weight is 361 g/mol. The van der Waals surface area contributed by atoms with Gasteiger partial charge in [-0.15, -0.1) is 0 Å². The van der Waals surface area contributed by atoms with Crippen LogP contribution >= 0.6 is 11.8 Å². The van der Waals surface area contributed by atoms with Crippen LogP contribution in [0.25, 0.3) is 21.7 Å². The summed E-state index contributed by atoms with van der Waals surface area (Å²) in [5.74, 6) is 3.02. The lowest BCUT2D eigenvalue weighted by Crippen LogP contribution is -2.35. The number of aryl methyl sites for hydroxylation is 1. The van der Waals surface area contributed by atoms with Crippen molar-refractivity contribution in [3.8, 4) is 5.75 Å². The molecule has 2 nitrogen and oxygen atoms in total. The van der Waals surface area contributed by atoms with Gasteiger partial charge in [-0.05, 0) is 29.8 Å². The number of methoxy groups -OCH3 is 1. The van der Waals surface area contributed by atoms with E-state index in [0.29, 0.717) is 0 Å². The van der Waals surface area contributed by atoms with Gasteiger partial charge in [-0.3, -0.25) is 0 Å². The van der Waals surface area contributed by atoms with E-state index in [0.717, 1.165) is 23.8 Å². The van der Waals surface area contributed by atoms with Gasteiger partial charge in [0, 0.05) is 22.6 Å². The molecule has 0 aliphatic rings. The molecule has 1 heterocycles. The maximum atomic E-state index is 5.22. The van der Waals surface area contributed by atoms with Crippen LogP contribution in [0.2, 0.25) is 0 Å². The Balaban J connectivity index is 1.49. The van der Waals surface area contributed by atoms with Crippen molar-refractivity contribution in [2.45, 2.75) is 12.3 Å². The van der Waals surface area contributed by atoms with Crippen LogP contribution in [0.3, 0.4) is 0 Å². The first kappa shape index (κ1) is 16.9. The number of fused-ring (bicyclic) bond motifs is 3. The van der Waals surface area contributed by atoms with E-state index in [1.54, 1.807) is 7.11 Å². The summed E-state index contributed by atoms with van der Waals surface area (Å²) < 4.78 is 7.61. The van der Waals surface area contributed by atoms with Crippen molar-refractivity contribution in [3.63, 3.8) is 0 Å². The minimum atomic E-state index is 0.914. The number of thioether (sulfide) groups is 1. The Morgan fingerprint density at radius 1 is 0.846 bits per heavy atom. The smallest absolute Gasteiger partial charge is 0.213 e. The molecule has 0 bridgehead atoms. The third-order valence-electron chi connectivity index (χ3n) is 4.66. The third kappa shape index (κ3) is 3.54. The van der Waals surface area contributed by atoms with Gasteiger partial charge in [0.15, 0.2) is 12.7 Å². The fourth-order valence-corrected chi connectivity index (χ4v) is 4.20. The van der Waals surface area contributed by atoms with Crippen LogP contribution in [0.5, 0.6) is 5.75 Å². The van der Waals surface area contributed by atoms with Crippen molar-refractivity contribution in [2.75, 3.05) is 12.9 Å². The van der Waals surface area contributed by atoms with Crippen molar-refractivity contribution in [1.29, 1.82) is 0 Å².